The first-order valence-corrected chi connectivity index (χ1v) is 12.9. The van der Waals surface area contributed by atoms with E-state index in [-0.39, 0.29) is 23.1 Å². The molecule has 0 unspecified atom stereocenters. The second-order valence-corrected chi connectivity index (χ2v) is 9.88. The van der Waals surface area contributed by atoms with E-state index in [2.05, 4.69) is 27.6 Å². The van der Waals surface area contributed by atoms with Crippen molar-refractivity contribution in [2.75, 3.05) is 32.3 Å². The lowest BCUT2D eigenvalue weighted by molar-refractivity contribution is -0.113. The lowest BCUT2D eigenvalue weighted by Crippen LogP contribution is -2.21. The molecule has 0 bridgehead atoms. The third-order valence-electron chi connectivity index (χ3n) is 5.31. The summed E-state index contributed by atoms with van der Waals surface area (Å²) in [6.07, 6.45) is 1.60. The summed E-state index contributed by atoms with van der Waals surface area (Å²) in [5, 5.41) is 12.3. The zero-order chi connectivity index (χ0) is 25.5. The Morgan fingerprint density at radius 1 is 1.14 bits per heavy atom. The first-order valence-electron chi connectivity index (χ1n) is 11.1. The molecule has 0 aliphatic carbocycles. The van der Waals surface area contributed by atoms with Crippen molar-refractivity contribution in [2.24, 2.45) is 0 Å². The summed E-state index contributed by atoms with van der Waals surface area (Å²) < 4.78 is 6.88. The number of nitrogens with one attached hydrogen (secondary N) is 1. The van der Waals surface area contributed by atoms with Crippen LogP contribution in [0.25, 0.3) is 0 Å². The largest absolute Gasteiger partial charge is 0.465 e. The minimum absolute atomic E-state index is 0.0747. The molecule has 186 valence electrons. The SMILES string of the molecule is CCn1c(CCc2ccccc2)nnc1SCC(=O)Nc1sc(C(=O)N(C)C)c(C)c1C(=O)OC. The van der Waals surface area contributed by atoms with Crippen molar-refractivity contribution in [3.05, 3.63) is 57.7 Å². The molecule has 35 heavy (non-hydrogen) atoms. The van der Waals surface area contributed by atoms with Crippen LogP contribution < -0.4 is 5.32 Å². The molecule has 0 aliphatic rings. The van der Waals surface area contributed by atoms with Crippen LogP contribution in [0.2, 0.25) is 0 Å². The van der Waals surface area contributed by atoms with Gasteiger partial charge in [-0.25, -0.2) is 4.79 Å². The number of thioether (sulfide) groups is 1. The van der Waals surface area contributed by atoms with E-state index in [9.17, 15) is 14.4 Å². The summed E-state index contributed by atoms with van der Waals surface area (Å²) in [5.41, 5.74) is 1.91. The van der Waals surface area contributed by atoms with Gasteiger partial charge < -0.3 is 19.5 Å². The smallest absolute Gasteiger partial charge is 0.341 e. The number of methoxy groups -OCH3 is 1. The van der Waals surface area contributed by atoms with Gasteiger partial charge in [0.25, 0.3) is 5.91 Å². The molecule has 11 heteroatoms. The van der Waals surface area contributed by atoms with E-state index in [4.69, 9.17) is 4.74 Å². The van der Waals surface area contributed by atoms with E-state index in [1.54, 1.807) is 21.0 Å². The van der Waals surface area contributed by atoms with Crippen molar-refractivity contribution in [1.82, 2.24) is 19.7 Å². The number of aromatic nitrogens is 3. The standard InChI is InChI=1S/C24H29N5O4S2/c1-6-29-17(13-12-16-10-8-7-9-11-16)26-27-24(29)34-14-18(30)25-21-19(23(32)33-5)15(2)20(35-21)22(31)28(3)4/h7-11H,6,12-14H2,1-5H3,(H,25,30). The molecule has 9 nitrogen and oxygen atoms in total. The molecule has 2 amide bonds. The number of carbonyl (C=O) groups excluding carboxylic acids is 3. The third-order valence-corrected chi connectivity index (χ3v) is 7.47. The number of amides is 2. The Morgan fingerprint density at radius 3 is 2.49 bits per heavy atom. The predicted molar refractivity (Wildman–Crippen MR) is 137 cm³/mol. The summed E-state index contributed by atoms with van der Waals surface area (Å²) in [7, 11) is 4.53. The summed E-state index contributed by atoms with van der Waals surface area (Å²) >= 11 is 2.34. The van der Waals surface area contributed by atoms with E-state index in [0.29, 0.717) is 27.1 Å². The average Bonchev–Trinajstić information content (AvgIpc) is 3.40. The third kappa shape index (κ3) is 6.29. The van der Waals surface area contributed by atoms with Crippen LogP contribution in [-0.2, 0) is 28.9 Å². The van der Waals surface area contributed by atoms with Crippen molar-refractivity contribution in [3.8, 4) is 0 Å². The monoisotopic (exact) mass is 515 g/mol. The van der Waals surface area contributed by atoms with Gasteiger partial charge in [-0.1, -0.05) is 42.1 Å². The summed E-state index contributed by atoms with van der Waals surface area (Å²) in [6, 6.07) is 10.2. The van der Waals surface area contributed by atoms with Crippen LogP contribution in [0.3, 0.4) is 0 Å². The second-order valence-electron chi connectivity index (χ2n) is 7.92. The molecule has 3 aromatic rings. The molecule has 0 saturated carbocycles. The Morgan fingerprint density at radius 2 is 1.86 bits per heavy atom. The Kier molecular flexibility index (Phi) is 9.05. The fraction of sp³-hybridized carbons (Fsp3) is 0.375. The lowest BCUT2D eigenvalue weighted by atomic mass is 10.1. The zero-order valence-corrected chi connectivity index (χ0v) is 22.1. The number of aryl methyl sites for hydroxylation is 2. The molecule has 0 atom stereocenters. The molecule has 1 N–H and O–H groups in total. The number of nitrogens with zero attached hydrogens (tertiary/aromatic N) is 4. The average molecular weight is 516 g/mol. The first kappa shape index (κ1) is 26.4. The maximum atomic E-state index is 12.8. The summed E-state index contributed by atoms with van der Waals surface area (Å²) in [5.74, 6) is -0.222. The number of hydrogen-bond acceptors (Lipinski definition) is 8. The van der Waals surface area contributed by atoms with Crippen LogP contribution in [0.15, 0.2) is 35.5 Å². The maximum absolute atomic E-state index is 12.8. The van der Waals surface area contributed by atoms with Crippen LogP contribution >= 0.6 is 23.1 Å². The minimum atomic E-state index is -0.603. The van der Waals surface area contributed by atoms with Gasteiger partial charge >= 0.3 is 5.97 Å². The number of anilines is 1. The van der Waals surface area contributed by atoms with Gasteiger partial charge in [0.05, 0.1) is 23.3 Å². The van der Waals surface area contributed by atoms with Crippen molar-refractivity contribution < 1.29 is 19.1 Å². The van der Waals surface area contributed by atoms with Gasteiger partial charge in [-0.15, -0.1) is 21.5 Å². The van der Waals surface area contributed by atoms with E-state index in [0.717, 1.165) is 30.0 Å². The van der Waals surface area contributed by atoms with Crippen LogP contribution in [-0.4, -0.2) is 64.4 Å². The number of esters is 1. The highest BCUT2D eigenvalue weighted by atomic mass is 32.2. The first-order chi connectivity index (χ1) is 16.8. The Labute approximate surface area is 212 Å². The highest BCUT2D eigenvalue weighted by Gasteiger charge is 2.27. The molecule has 0 spiro atoms. The van der Waals surface area contributed by atoms with Crippen LogP contribution in [0.5, 0.6) is 0 Å². The molecule has 2 aromatic heterocycles. The van der Waals surface area contributed by atoms with Gasteiger partial charge in [-0.05, 0) is 31.4 Å². The van der Waals surface area contributed by atoms with Gasteiger partial charge in [0.2, 0.25) is 5.91 Å². The fourth-order valence-electron chi connectivity index (χ4n) is 3.48. The highest BCUT2D eigenvalue weighted by molar-refractivity contribution is 7.99. The molecular weight excluding hydrogens is 486 g/mol. The predicted octanol–water partition coefficient (Wildman–Crippen LogP) is 3.67. The van der Waals surface area contributed by atoms with Crippen LogP contribution in [0, 0.1) is 6.92 Å². The molecule has 0 aliphatic heterocycles. The normalized spacial score (nSPS) is 10.8. The highest BCUT2D eigenvalue weighted by Crippen LogP contribution is 2.34. The number of rotatable bonds is 10. The van der Waals surface area contributed by atoms with E-state index in [1.165, 1.54) is 29.3 Å². The van der Waals surface area contributed by atoms with Gasteiger partial charge in [0.15, 0.2) is 5.16 Å². The fourth-order valence-corrected chi connectivity index (χ4v) is 5.53. The Balaban J connectivity index is 1.69. The second kappa shape index (κ2) is 12.0. The summed E-state index contributed by atoms with van der Waals surface area (Å²) in [4.78, 5) is 39.4. The van der Waals surface area contributed by atoms with Gasteiger partial charge in [-0.3, -0.25) is 9.59 Å². The van der Waals surface area contributed by atoms with Gasteiger partial charge in [-0.2, -0.15) is 0 Å². The molecule has 0 saturated heterocycles. The van der Waals surface area contributed by atoms with Gasteiger partial charge in [0.1, 0.15) is 10.8 Å². The van der Waals surface area contributed by atoms with E-state index in [1.807, 2.05) is 29.7 Å². The zero-order valence-electron chi connectivity index (χ0n) is 20.5. The van der Waals surface area contributed by atoms with Crippen molar-refractivity contribution in [3.63, 3.8) is 0 Å². The van der Waals surface area contributed by atoms with Crippen LogP contribution in [0.1, 0.15) is 43.9 Å². The van der Waals surface area contributed by atoms with Crippen molar-refractivity contribution >= 4 is 45.9 Å². The molecular formula is C24H29N5O4S2. The summed E-state index contributed by atoms with van der Waals surface area (Å²) in [6.45, 7) is 4.37. The maximum Gasteiger partial charge on any atom is 0.341 e. The molecule has 0 fully saturated rings. The van der Waals surface area contributed by atoms with Gasteiger partial charge in [0, 0.05) is 27.1 Å². The number of benzene rings is 1. The van der Waals surface area contributed by atoms with Crippen LogP contribution in [0.4, 0.5) is 5.00 Å². The number of carbonyl (C=O) groups is 3. The molecule has 2 heterocycles. The minimum Gasteiger partial charge on any atom is -0.465 e. The topological polar surface area (TPSA) is 106 Å². The molecule has 3 rings (SSSR count). The van der Waals surface area contributed by atoms with Crippen molar-refractivity contribution in [1.29, 1.82) is 0 Å². The van der Waals surface area contributed by atoms with E-state index >= 15 is 0 Å². The number of thiophene rings is 1. The Hall–Kier alpha value is -3.18. The number of ether oxygens (including phenoxy) is 1. The lowest BCUT2D eigenvalue weighted by Gasteiger charge is -2.08. The van der Waals surface area contributed by atoms with E-state index < -0.39 is 5.97 Å². The van der Waals surface area contributed by atoms with Crippen molar-refractivity contribution in [2.45, 2.75) is 38.4 Å². The number of hydrogen-bond donors (Lipinski definition) is 1. The molecule has 1 aromatic carbocycles. The molecule has 0 radical (unpaired) electrons. The Bertz CT molecular complexity index is 1200. The quantitative estimate of drug-likeness (QED) is 0.324.